The molecule has 32 heavy (non-hydrogen) atoms. The van der Waals surface area contributed by atoms with Crippen LogP contribution in [0, 0.1) is 5.82 Å². The summed E-state index contributed by atoms with van der Waals surface area (Å²) in [5.74, 6) is 1.50. The maximum Gasteiger partial charge on any atom is 0.228 e. The fourth-order valence-corrected chi connectivity index (χ4v) is 4.56. The van der Waals surface area contributed by atoms with E-state index in [0.717, 1.165) is 29.8 Å². The summed E-state index contributed by atoms with van der Waals surface area (Å²) in [7, 11) is 5.25. The van der Waals surface area contributed by atoms with E-state index in [-0.39, 0.29) is 5.82 Å². The lowest BCUT2D eigenvalue weighted by molar-refractivity contribution is 0.393. The molecule has 2 atom stereocenters. The maximum atomic E-state index is 14.6. The number of pyridine rings is 1. The van der Waals surface area contributed by atoms with E-state index in [1.165, 1.54) is 6.07 Å². The molecule has 3 aromatic heterocycles. The van der Waals surface area contributed by atoms with Crippen LogP contribution in [0.15, 0.2) is 24.4 Å². The number of aryl methyl sites for hydroxylation is 2. The third-order valence-corrected chi connectivity index (χ3v) is 5.80. The van der Waals surface area contributed by atoms with Crippen molar-refractivity contribution in [3.63, 3.8) is 0 Å². The van der Waals surface area contributed by atoms with Crippen molar-refractivity contribution in [3.8, 4) is 5.88 Å². The van der Waals surface area contributed by atoms with E-state index >= 15 is 0 Å². The van der Waals surface area contributed by atoms with Crippen LogP contribution in [0.2, 0.25) is 0 Å². The molecular formula is C22H27FN8O. The van der Waals surface area contributed by atoms with E-state index in [2.05, 4.69) is 39.6 Å². The highest BCUT2D eigenvalue weighted by Crippen LogP contribution is 2.36. The second-order valence-corrected chi connectivity index (χ2v) is 8.55. The van der Waals surface area contributed by atoms with Crippen LogP contribution in [-0.4, -0.2) is 56.8 Å². The Balaban J connectivity index is 1.56. The molecule has 0 bridgehead atoms. The molecule has 1 saturated heterocycles. The van der Waals surface area contributed by atoms with Crippen molar-refractivity contribution in [1.29, 1.82) is 0 Å². The normalized spacial score (nSPS) is 19.1. The number of ether oxygens (including phenoxy) is 1. The van der Waals surface area contributed by atoms with E-state index in [1.54, 1.807) is 29.7 Å². The van der Waals surface area contributed by atoms with Crippen molar-refractivity contribution in [2.24, 2.45) is 14.1 Å². The van der Waals surface area contributed by atoms with Crippen molar-refractivity contribution >= 4 is 39.1 Å². The summed E-state index contributed by atoms with van der Waals surface area (Å²) < 4.78 is 23.6. The second-order valence-electron chi connectivity index (χ2n) is 8.55. The Morgan fingerprint density at radius 1 is 1.12 bits per heavy atom. The summed E-state index contributed by atoms with van der Waals surface area (Å²) in [5, 5.41) is 17.0. The Kier molecular flexibility index (Phi) is 4.89. The molecule has 5 rings (SSSR count). The fraction of sp³-hybridized carbons (Fsp3) is 0.409. The van der Waals surface area contributed by atoms with Gasteiger partial charge in [0.25, 0.3) is 0 Å². The van der Waals surface area contributed by atoms with Crippen LogP contribution in [0.25, 0.3) is 21.8 Å². The summed E-state index contributed by atoms with van der Waals surface area (Å²) in [6, 6.07) is 6.04. The molecule has 0 amide bonds. The number of aromatic nitrogens is 5. The van der Waals surface area contributed by atoms with E-state index < -0.39 is 0 Å². The number of piperazine rings is 1. The number of fused-ring (bicyclic) bond motifs is 2. The van der Waals surface area contributed by atoms with Gasteiger partial charge in [-0.2, -0.15) is 15.2 Å². The first-order chi connectivity index (χ1) is 15.3. The molecule has 1 aliphatic heterocycles. The predicted molar refractivity (Wildman–Crippen MR) is 123 cm³/mol. The molecule has 0 radical (unpaired) electrons. The minimum absolute atomic E-state index is 0.340. The largest absolute Gasteiger partial charge is 0.480 e. The molecule has 0 spiro atoms. The molecule has 0 saturated carbocycles. The van der Waals surface area contributed by atoms with Crippen molar-refractivity contribution in [2.75, 3.05) is 30.4 Å². The zero-order valence-electron chi connectivity index (χ0n) is 18.8. The number of hydrogen-bond donors (Lipinski definition) is 2. The molecule has 0 aliphatic carbocycles. The molecule has 1 aromatic carbocycles. The monoisotopic (exact) mass is 438 g/mol. The van der Waals surface area contributed by atoms with Crippen LogP contribution >= 0.6 is 0 Å². The summed E-state index contributed by atoms with van der Waals surface area (Å²) in [4.78, 5) is 7.06. The number of benzene rings is 1. The molecule has 10 heteroatoms. The van der Waals surface area contributed by atoms with Crippen LogP contribution in [0.5, 0.6) is 5.88 Å². The minimum Gasteiger partial charge on any atom is -0.480 e. The van der Waals surface area contributed by atoms with Crippen molar-refractivity contribution in [2.45, 2.75) is 25.9 Å². The first kappa shape index (κ1) is 20.5. The standard InChI is InChI=1S/C22H27FN8O/c1-12-9-31(10-13(2)24-12)18-8-17-19(22(26-18)32-5)21(28-30(17)4)25-15-6-14-11-29(3)27-20(14)16(23)7-15/h6-8,11-13,24H,9-10H2,1-5H3,(H,25,28)/t12-,13+. The second kappa shape index (κ2) is 7.63. The summed E-state index contributed by atoms with van der Waals surface area (Å²) in [5.41, 5.74) is 1.81. The number of nitrogens with one attached hydrogen (secondary N) is 2. The predicted octanol–water partition coefficient (Wildman–Crippen LogP) is 2.93. The molecule has 168 valence electrons. The number of rotatable bonds is 4. The van der Waals surface area contributed by atoms with Gasteiger partial charge in [-0.1, -0.05) is 0 Å². The first-order valence-electron chi connectivity index (χ1n) is 10.6. The minimum atomic E-state index is -0.389. The van der Waals surface area contributed by atoms with Gasteiger partial charge in [-0.05, 0) is 26.0 Å². The number of nitrogens with zero attached hydrogens (tertiary/aromatic N) is 6. The maximum absolute atomic E-state index is 14.6. The molecule has 2 N–H and O–H groups in total. The summed E-state index contributed by atoms with van der Waals surface area (Å²) >= 11 is 0. The number of halogens is 1. The zero-order valence-corrected chi connectivity index (χ0v) is 18.8. The Morgan fingerprint density at radius 3 is 2.59 bits per heavy atom. The average Bonchev–Trinajstić information content (AvgIpc) is 3.26. The highest BCUT2D eigenvalue weighted by molar-refractivity contribution is 5.98. The zero-order chi connectivity index (χ0) is 22.6. The quantitative estimate of drug-likeness (QED) is 0.507. The van der Waals surface area contributed by atoms with E-state index in [1.807, 2.05) is 19.2 Å². The van der Waals surface area contributed by atoms with Gasteiger partial charge in [-0.25, -0.2) is 4.39 Å². The third-order valence-electron chi connectivity index (χ3n) is 5.80. The number of anilines is 3. The molecule has 4 aromatic rings. The Bertz CT molecular complexity index is 1300. The van der Waals surface area contributed by atoms with Gasteiger partial charge in [-0.15, -0.1) is 0 Å². The van der Waals surface area contributed by atoms with E-state index in [4.69, 9.17) is 9.72 Å². The van der Waals surface area contributed by atoms with Gasteiger partial charge in [0.2, 0.25) is 5.88 Å². The average molecular weight is 439 g/mol. The number of hydrogen-bond acceptors (Lipinski definition) is 7. The molecule has 1 aliphatic rings. The summed E-state index contributed by atoms with van der Waals surface area (Å²) in [6.45, 7) is 6.06. The molecule has 0 unspecified atom stereocenters. The lowest BCUT2D eigenvalue weighted by atomic mass is 10.1. The highest BCUT2D eigenvalue weighted by atomic mass is 19.1. The van der Waals surface area contributed by atoms with Gasteiger partial charge >= 0.3 is 0 Å². The smallest absolute Gasteiger partial charge is 0.228 e. The van der Waals surface area contributed by atoms with Crippen molar-refractivity contribution in [1.82, 2.24) is 29.9 Å². The van der Waals surface area contributed by atoms with Gasteiger partial charge in [0.05, 0.1) is 12.6 Å². The molecule has 9 nitrogen and oxygen atoms in total. The Hall–Kier alpha value is -3.40. The fourth-order valence-electron chi connectivity index (χ4n) is 4.56. The van der Waals surface area contributed by atoms with Crippen molar-refractivity contribution < 1.29 is 9.13 Å². The first-order valence-corrected chi connectivity index (χ1v) is 10.6. The third kappa shape index (κ3) is 3.50. The van der Waals surface area contributed by atoms with Gasteiger partial charge in [0.1, 0.15) is 16.7 Å². The Labute approximate surface area is 185 Å². The van der Waals surface area contributed by atoms with Crippen LogP contribution in [0.1, 0.15) is 13.8 Å². The highest BCUT2D eigenvalue weighted by Gasteiger charge is 2.25. The lowest BCUT2D eigenvalue weighted by Gasteiger charge is -2.37. The number of methoxy groups -OCH3 is 1. The van der Waals surface area contributed by atoms with Gasteiger partial charge < -0.3 is 20.3 Å². The van der Waals surface area contributed by atoms with Gasteiger partial charge in [0.15, 0.2) is 11.6 Å². The van der Waals surface area contributed by atoms with Crippen LogP contribution in [0.3, 0.4) is 0 Å². The molecule has 1 fully saturated rings. The molecular weight excluding hydrogens is 411 g/mol. The van der Waals surface area contributed by atoms with Gasteiger partial charge in [0, 0.05) is 62.6 Å². The topological polar surface area (TPSA) is 85.1 Å². The lowest BCUT2D eigenvalue weighted by Crippen LogP contribution is -2.54. The van der Waals surface area contributed by atoms with Crippen LogP contribution < -0.4 is 20.3 Å². The van der Waals surface area contributed by atoms with Crippen LogP contribution in [-0.2, 0) is 14.1 Å². The van der Waals surface area contributed by atoms with E-state index in [0.29, 0.717) is 40.4 Å². The Morgan fingerprint density at radius 2 is 1.88 bits per heavy atom. The van der Waals surface area contributed by atoms with E-state index in [9.17, 15) is 4.39 Å². The van der Waals surface area contributed by atoms with Gasteiger partial charge in [-0.3, -0.25) is 9.36 Å². The molecule has 4 heterocycles. The van der Waals surface area contributed by atoms with Crippen LogP contribution in [0.4, 0.5) is 21.7 Å². The SMILES string of the molecule is COc1nc(N2C[C@@H](C)N[C@@H](C)C2)cc2c1c(Nc1cc(F)c3nn(C)cc3c1)nn2C. The van der Waals surface area contributed by atoms with Crippen molar-refractivity contribution in [3.05, 3.63) is 30.2 Å². The summed E-state index contributed by atoms with van der Waals surface area (Å²) in [6.07, 6.45) is 1.78.